The summed E-state index contributed by atoms with van der Waals surface area (Å²) in [5.41, 5.74) is 0.673. The van der Waals surface area contributed by atoms with Gasteiger partial charge in [-0.05, 0) is 24.6 Å². The van der Waals surface area contributed by atoms with Gasteiger partial charge in [0.05, 0.1) is 10.5 Å². The molecule has 1 aliphatic heterocycles. The number of rotatable bonds is 4. The van der Waals surface area contributed by atoms with Crippen LogP contribution in [0.5, 0.6) is 0 Å². The zero-order valence-electron chi connectivity index (χ0n) is 15.0. The van der Waals surface area contributed by atoms with Crippen molar-refractivity contribution in [2.45, 2.75) is 18.7 Å². The standard InChI is InChI=1S/C17H22N2O6S/c1-12-4-5-14(26(3,23)24)10-15(12)17(22)25-11-16(21)19-8-6-18(7-9-19)13(2)20/h4-5,10H,6-9,11H2,1-3H3. The van der Waals surface area contributed by atoms with E-state index in [4.69, 9.17) is 4.74 Å². The summed E-state index contributed by atoms with van der Waals surface area (Å²) in [7, 11) is -3.45. The van der Waals surface area contributed by atoms with Crippen LogP contribution in [0.25, 0.3) is 0 Å². The lowest BCUT2D eigenvalue weighted by atomic mass is 10.1. The molecule has 1 aliphatic rings. The van der Waals surface area contributed by atoms with Crippen molar-refractivity contribution < 1.29 is 27.5 Å². The molecule has 0 bridgehead atoms. The van der Waals surface area contributed by atoms with Crippen molar-refractivity contribution in [1.29, 1.82) is 0 Å². The van der Waals surface area contributed by atoms with E-state index >= 15 is 0 Å². The maximum atomic E-state index is 12.2. The number of esters is 1. The number of benzene rings is 1. The van der Waals surface area contributed by atoms with Crippen molar-refractivity contribution >= 4 is 27.6 Å². The van der Waals surface area contributed by atoms with Crippen LogP contribution in [-0.4, -0.2) is 75.0 Å². The van der Waals surface area contributed by atoms with E-state index in [1.165, 1.54) is 30.0 Å². The van der Waals surface area contributed by atoms with Gasteiger partial charge in [0.2, 0.25) is 5.91 Å². The molecule has 1 fully saturated rings. The highest BCUT2D eigenvalue weighted by molar-refractivity contribution is 7.90. The molecule has 1 aromatic carbocycles. The summed E-state index contributed by atoms with van der Waals surface area (Å²) in [5.74, 6) is -1.13. The highest BCUT2D eigenvalue weighted by Gasteiger charge is 2.24. The lowest BCUT2D eigenvalue weighted by molar-refractivity contribution is -0.140. The first-order chi connectivity index (χ1) is 12.1. The van der Waals surface area contributed by atoms with Crippen molar-refractivity contribution in [3.05, 3.63) is 29.3 Å². The van der Waals surface area contributed by atoms with Gasteiger partial charge in [-0.15, -0.1) is 0 Å². The molecule has 26 heavy (non-hydrogen) atoms. The second kappa shape index (κ2) is 7.86. The highest BCUT2D eigenvalue weighted by atomic mass is 32.2. The Morgan fingerprint density at radius 1 is 1.08 bits per heavy atom. The molecule has 2 amide bonds. The van der Waals surface area contributed by atoms with Crippen molar-refractivity contribution in [2.24, 2.45) is 0 Å². The Balaban J connectivity index is 1.97. The van der Waals surface area contributed by atoms with Crippen LogP contribution in [0, 0.1) is 6.92 Å². The molecule has 0 atom stereocenters. The lowest BCUT2D eigenvalue weighted by Crippen LogP contribution is -2.51. The number of aryl methyl sites for hydroxylation is 1. The van der Waals surface area contributed by atoms with E-state index in [1.54, 1.807) is 11.8 Å². The number of piperazine rings is 1. The third-order valence-electron chi connectivity index (χ3n) is 4.26. The van der Waals surface area contributed by atoms with Gasteiger partial charge in [0.15, 0.2) is 16.4 Å². The number of hydrogen-bond donors (Lipinski definition) is 0. The maximum absolute atomic E-state index is 12.2. The number of amides is 2. The number of ether oxygens (including phenoxy) is 1. The molecular weight excluding hydrogens is 360 g/mol. The Morgan fingerprint density at radius 3 is 2.19 bits per heavy atom. The zero-order chi connectivity index (χ0) is 19.5. The largest absolute Gasteiger partial charge is 0.452 e. The van der Waals surface area contributed by atoms with Crippen LogP contribution in [0.4, 0.5) is 0 Å². The van der Waals surface area contributed by atoms with Gasteiger partial charge in [-0.1, -0.05) is 6.07 Å². The first kappa shape index (κ1) is 19.9. The predicted octanol–water partition coefficient (Wildman–Crippen LogP) is 0.246. The van der Waals surface area contributed by atoms with Crippen molar-refractivity contribution in [1.82, 2.24) is 9.80 Å². The van der Waals surface area contributed by atoms with Crippen LogP contribution < -0.4 is 0 Å². The summed E-state index contributed by atoms with van der Waals surface area (Å²) in [6, 6.07) is 4.19. The zero-order valence-corrected chi connectivity index (χ0v) is 15.8. The molecule has 1 saturated heterocycles. The fourth-order valence-corrected chi connectivity index (χ4v) is 3.27. The van der Waals surface area contributed by atoms with Gasteiger partial charge in [-0.2, -0.15) is 0 Å². The Morgan fingerprint density at radius 2 is 1.65 bits per heavy atom. The lowest BCUT2D eigenvalue weighted by Gasteiger charge is -2.34. The average Bonchev–Trinajstić information content (AvgIpc) is 2.58. The van der Waals surface area contributed by atoms with Crippen LogP contribution in [0.3, 0.4) is 0 Å². The van der Waals surface area contributed by atoms with E-state index in [0.29, 0.717) is 31.7 Å². The molecule has 0 unspecified atom stereocenters. The number of hydrogen-bond acceptors (Lipinski definition) is 6. The van der Waals surface area contributed by atoms with Crippen molar-refractivity contribution in [3.8, 4) is 0 Å². The molecule has 9 heteroatoms. The topological polar surface area (TPSA) is 101 Å². The van der Waals surface area contributed by atoms with Crippen LogP contribution in [0.2, 0.25) is 0 Å². The van der Waals surface area contributed by atoms with Crippen LogP contribution in [-0.2, 0) is 24.2 Å². The summed E-state index contributed by atoms with van der Waals surface area (Å²) in [6.45, 7) is 4.38. The summed E-state index contributed by atoms with van der Waals surface area (Å²) >= 11 is 0. The van der Waals surface area contributed by atoms with Crippen molar-refractivity contribution in [3.63, 3.8) is 0 Å². The van der Waals surface area contributed by atoms with Gasteiger partial charge >= 0.3 is 5.97 Å². The summed E-state index contributed by atoms with van der Waals surface area (Å²) in [5, 5.41) is 0. The van der Waals surface area contributed by atoms with E-state index < -0.39 is 22.4 Å². The van der Waals surface area contributed by atoms with Crippen molar-refractivity contribution in [2.75, 3.05) is 39.0 Å². The minimum Gasteiger partial charge on any atom is -0.452 e. The molecule has 8 nitrogen and oxygen atoms in total. The molecule has 0 spiro atoms. The predicted molar refractivity (Wildman–Crippen MR) is 93.4 cm³/mol. The molecule has 0 aliphatic carbocycles. The molecule has 0 N–H and O–H groups in total. The minimum atomic E-state index is -3.45. The summed E-state index contributed by atoms with van der Waals surface area (Å²) < 4.78 is 28.3. The van der Waals surface area contributed by atoms with E-state index in [1.807, 2.05) is 0 Å². The van der Waals surface area contributed by atoms with Gasteiger partial charge in [0, 0.05) is 39.4 Å². The molecule has 1 aromatic rings. The summed E-state index contributed by atoms with van der Waals surface area (Å²) in [4.78, 5) is 38.9. The third-order valence-corrected chi connectivity index (χ3v) is 5.37. The Kier molecular flexibility index (Phi) is 6.01. The molecule has 0 aromatic heterocycles. The number of carbonyl (C=O) groups excluding carboxylic acids is 3. The van der Waals surface area contributed by atoms with Crippen LogP contribution >= 0.6 is 0 Å². The molecule has 142 valence electrons. The number of nitrogens with zero attached hydrogens (tertiary/aromatic N) is 2. The fraction of sp³-hybridized carbons (Fsp3) is 0.471. The fourth-order valence-electron chi connectivity index (χ4n) is 2.62. The van der Waals surface area contributed by atoms with Gasteiger partial charge in [-0.25, -0.2) is 13.2 Å². The molecule has 2 rings (SSSR count). The Labute approximate surface area is 152 Å². The smallest absolute Gasteiger partial charge is 0.338 e. The van der Waals surface area contributed by atoms with Gasteiger partial charge in [-0.3, -0.25) is 9.59 Å². The first-order valence-electron chi connectivity index (χ1n) is 8.10. The molecule has 0 saturated carbocycles. The van der Waals surface area contributed by atoms with Crippen LogP contribution in [0.15, 0.2) is 23.1 Å². The summed E-state index contributed by atoms with van der Waals surface area (Å²) in [6.07, 6.45) is 1.05. The first-order valence-corrected chi connectivity index (χ1v) is 10.00. The second-order valence-electron chi connectivity index (χ2n) is 6.21. The second-order valence-corrected chi connectivity index (χ2v) is 8.23. The monoisotopic (exact) mass is 382 g/mol. The van der Waals surface area contributed by atoms with Gasteiger partial charge in [0.25, 0.3) is 5.91 Å². The normalized spacial score (nSPS) is 14.9. The number of carbonyl (C=O) groups is 3. The highest BCUT2D eigenvalue weighted by Crippen LogP contribution is 2.16. The quantitative estimate of drug-likeness (QED) is 0.692. The third kappa shape index (κ3) is 4.81. The Bertz CT molecular complexity index is 826. The van der Waals surface area contributed by atoms with Crippen LogP contribution in [0.1, 0.15) is 22.8 Å². The van der Waals surface area contributed by atoms with E-state index in [-0.39, 0.29) is 22.3 Å². The van der Waals surface area contributed by atoms with Gasteiger partial charge in [0.1, 0.15) is 0 Å². The molecule has 1 heterocycles. The maximum Gasteiger partial charge on any atom is 0.338 e. The Hall–Kier alpha value is -2.42. The number of sulfone groups is 1. The average molecular weight is 382 g/mol. The van der Waals surface area contributed by atoms with E-state index in [2.05, 4.69) is 0 Å². The molecular formula is C17H22N2O6S. The SMILES string of the molecule is CC(=O)N1CCN(C(=O)COC(=O)c2cc(S(C)(=O)=O)ccc2C)CC1. The minimum absolute atomic E-state index is 0.0155. The van der Waals surface area contributed by atoms with E-state index in [9.17, 15) is 22.8 Å². The molecule has 0 radical (unpaired) electrons. The van der Waals surface area contributed by atoms with E-state index in [0.717, 1.165) is 6.26 Å². The van der Waals surface area contributed by atoms with Gasteiger partial charge < -0.3 is 14.5 Å².